The third-order valence-corrected chi connectivity index (χ3v) is 4.73. The van der Waals surface area contributed by atoms with Crippen molar-refractivity contribution in [2.24, 2.45) is 0 Å². The number of pyridine rings is 2. The van der Waals surface area contributed by atoms with Gasteiger partial charge in [-0.1, -0.05) is 6.07 Å². The lowest BCUT2D eigenvalue weighted by molar-refractivity contribution is 0.0827. The predicted octanol–water partition coefficient (Wildman–Crippen LogP) is 3.21. The highest BCUT2D eigenvalue weighted by Crippen LogP contribution is 2.29. The number of amides is 1. The number of nitrogen functional groups attached to an aromatic ring is 2. The first-order chi connectivity index (χ1) is 15.4. The second kappa shape index (κ2) is 8.68. The van der Waals surface area contributed by atoms with Crippen molar-refractivity contribution in [1.82, 2.24) is 24.8 Å². The molecule has 0 saturated heterocycles. The predicted molar refractivity (Wildman–Crippen MR) is 125 cm³/mol. The second-order valence-electron chi connectivity index (χ2n) is 7.33. The topological polar surface area (TPSA) is 136 Å². The summed E-state index contributed by atoms with van der Waals surface area (Å²) in [6.07, 6.45) is 4.65. The van der Waals surface area contributed by atoms with Gasteiger partial charge in [-0.3, -0.25) is 9.78 Å². The van der Waals surface area contributed by atoms with E-state index in [-0.39, 0.29) is 5.91 Å². The highest BCUT2D eigenvalue weighted by molar-refractivity contribution is 5.94. The monoisotopic (exact) mass is 426 g/mol. The first-order valence-electron chi connectivity index (χ1n) is 9.79. The van der Waals surface area contributed by atoms with E-state index in [1.165, 1.54) is 17.4 Å². The van der Waals surface area contributed by atoms with E-state index in [2.05, 4.69) is 25.3 Å². The molecule has 4 rings (SSSR count). The molecule has 5 N–H and O–H groups in total. The third-order valence-electron chi connectivity index (χ3n) is 4.73. The Balaban J connectivity index is 1.64. The number of hydrogen-bond acceptors (Lipinski definition) is 8. The summed E-state index contributed by atoms with van der Waals surface area (Å²) in [5.74, 6) is 0.828. The Morgan fingerprint density at radius 3 is 2.47 bits per heavy atom. The van der Waals surface area contributed by atoms with Crippen LogP contribution in [0.15, 0.2) is 67.3 Å². The molecule has 0 fully saturated rings. The number of nitrogens with two attached hydrogens (primary N) is 2. The van der Waals surface area contributed by atoms with Gasteiger partial charge in [-0.05, 0) is 36.4 Å². The van der Waals surface area contributed by atoms with Crippen LogP contribution in [-0.2, 0) is 0 Å². The molecule has 1 aromatic carbocycles. The molecule has 0 atom stereocenters. The van der Waals surface area contributed by atoms with Gasteiger partial charge in [0.05, 0.1) is 17.0 Å². The number of carbonyl (C=O) groups excluding carboxylic acids is 1. The molecule has 3 aromatic heterocycles. The zero-order valence-electron chi connectivity index (χ0n) is 17.6. The Labute approximate surface area is 185 Å². The van der Waals surface area contributed by atoms with Gasteiger partial charge < -0.3 is 21.7 Å². The van der Waals surface area contributed by atoms with Gasteiger partial charge in [0.2, 0.25) is 0 Å². The SMILES string of the molecule is CN(C)C(=O)c1ccc(-c2cc(-c3cc(Nc4cccc(N)c4)ncn3)cnc2N)nc1. The van der Waals surface area contributed by atoms with Gasteiger partial charge >= 0.3 is 0 Å². The largest absolute Gasteiger partial charge is 0.399 e. The van der Waals surface area contributed by atoms with Gasteiger partial charge in [-0.2, -0.15) is 0 Å². The van der Waals surface area contributed by atoms with Crippen LogP contribution >= 0.6 is 0 Å². The van der Waals surface area contributed by atoms with Gasteiger partial charge in [-0.15, -0.1) is 0 Å². The molecule has 0 saturated carbocycles. The van der Waals surface area contributed by atoms with E-state index >= 15 is 0 Å². The van der Waals surface area contributed by atoms with Crippen LogP contribution in [0, 0.1) is 0 Å². The number of rotatable bonds is 5. The molecule has 0 aliphatic carbocycles. The summed E-state index contributed by atoms with van der Waals surface area (Å²) in [6.45, 7) is 0. The van der Waals surface area contributed by atoms with Crippen LogP contribution in [0.5, 0.6) is 0 Å². The summed E-state index contributed by atoms with van der Waals surface area (Å²) >= 11 is 0. The number of benzene rings is 1. The fraction of sp³-hybridized carbons (Fsp3) is 0.0870. The van der Waals surface area contributed by atoms with Crippen molar-refractivity contribution in [2.75, 3.05) is 30.9 Å². The van der Waals surface area contributed by atoms with Gasteiger partial charge in [0.1, 0.15) is 18.0 Å². The van der Waals surface area contributed by atoms with Crippen LogP contribution in [0.4, 0.5) is 23.0 Å². The van der Waals surface area contributed by atoms with Crippen molar-refractivity contribution in [2.45, 2.75) is 0 Å². The van der Waals surface area contributed by atoms with E-state index in [4.69, 9.17) is 11.5 Å². The number of nitrogens with one attached hydrogen (secondary N) is 1. The molecule has 0 spiro atoms. The molecule has 160 valence electrons. The zero-order valence-corrected chi connectivity index (χ0v) is 17.6. The van der Waals surface area contributed by atoms with E-state index in [0.29, 0.717) is 39.8 Å². The van der Waals surface area contributed by atoms with Crippen LogP contribution < -0.4 is 16.8 Å². The molecular formula is C23H22N8O. The van der Waals surface area contributed by atoms with E-state index in [0.717, 1.165) is 11.3 Å². The van der Waals surface area contributed by atoms with E-state index in [9.17, 15) is 4.79 Å². The standard InChI is InChI=1S/C23H22N8O/c1-31(2)23(32)14-6-7-19(26-11-14)18-8-15(12-27-22(18)25)20-10-21(29-13-28-20)30-17-5-3-4-16(24)9-17/h3-13H,24H2,1-2H3,(H2,25,27)(H,28,29,30). The lowest BCUT2D eigenvalue weighted by Gasteiger charge is -2.11. The van der Waals surface area contributed by atoms with Crippen molar-refractivity contribution in [3.05, 3.63) is 72.8 Å². The summed E-state index contributed by atoms with van der Waals surface area (Å²) in [5.41, 5.74) is 16.6. The fourth-order valence-corrected chi connectivity index (χ4v) is 3.11. The molecule has 9 nitrogen and oxygen atoms in total. The summed E-state index contributed by atoms with van der Waals surface area (Å²) in [6, 6.07) is 14.5. The molecule has 0 bridgehead atoms. The smallest absolute Gasteiger partial charge is 0.254 e. The van der Waals surface area contributed by atoms with Crippen molar-refractivity contribution < 1.29 is 4.79 Å². The maximum atomic E-state index is 12.1. The maximum absolute atomic E-state index is 12.1. The quantitative estimate of drug-likeness (QED) is 0.414. The Hall–Kier alpha value is -4.53. The molecule has 3 heterocycles. The Kier molecular flexibility index (Phi) is 5.63. The summed E-state index contributed by atoms with van der Waals surface area (Å²) in [4.78, 5) is 30.9. The second-order valence-corrected chi connectivity index (χ2v) is 7.33. The normalized spacial score (nSPS) is 10.6. The highest BCUT2D eigenvalue weighted by Gasteiger charge is 2.13. The minimum atomic E-state index is -0.120. The summed E-state index contributed by atoms with van der Waals surface area (Å²) in [7, 11) is 3.39. The van der Waals surface area contributed by atoms with Crippen LogP contribution in [0.2, 0.25) is 0 Å². The van der Waals surface area contributed by atoms with E-state index in [1.807, 2.05) is 36.4 Å². The van der Waals surface area contributed by atoms with Crippen molar-refractivity contribution >= 4 is 28.9 Å². The van der Waals surface area contributed by atoms with Gasteiger partial charge in [0, 0.05) is 55.1 Å². The highest BCUT2D eigenvalue weighted by atomic mass is 16.2. The van der Waals surface area contributed by atoms with E-state index < -0.39 is 0 Å². The van der Waals surface area contributed by atoms with Crippen molar-refractivity contribution in [3.8, 4) is 22.5 Å². The zero-order chi connectivity index (χ0) is 22.7. The maximum Gasteiger partial charge on any atom is 0.254 e. The minimum Gasteiger partial charge on any atom is -0.399 e. The Bertz CT molecular complexity index is 1270. The number of carbonyl (C=O) groups is 1. The third kappa shape index (κ3) is 4.46. The lowest BCUT2D eigenvalue weighted by Crippen LogP contribution is -2.21. The molecule has 32 heavy (non-hydrogen) atoms. The van der Waals surface area contributed by atoms with Crippen molar-refractivity contribution in [3.63, 3.8) is 0 Å². The average molecular weight is 426 g/mol. The molecule has 0 radical (unpaired) electrons. The van der Waals surface area contributed by atoms with Gasteiger partial charge in [0.25, 0.3) is 5.91 Å². The molecular weight excluding hydrogens is 404 g/mol. The number of nitrogens with zero attached hydrogens (tertiary/aromatic N) is 5. The Morgan fingerprint density at radius 2 is 1.75 bits per heavy atom. The first kappa shape index (κ1) is 20.7. The lowest BCUT2D eigenvalue weighted by atomic mass is 10.1. The summed E-state index contributed by atoms with van der Waals surface area (Å²) in [5, 5.41) is 3.21. The molecule has 0 unspecified atom stereocenters. The Morgan fingerprint density at radius 1 is 0.906 bits per heavy atom. The van der Waals surface area contributed by atoms with Gasteiger partial charge in [-0.25, -0.2) is 15.0 Å². The van der Waals surface area contributed by atoms with E-state index in [1.54, 1.807) is 32.4 Å². The average Bonchev–Trinajstić information content (AvgIpc) is 2.79. The molecule has 0 aliphatic rings. The number of anilines is 4. The van der Waals surface area contributed by atoms with Crippen LogP contribution in [0.1, 0.15) is 10.4 Å². The molecule has 9 heteroatoms. The number of aromatic nitrogens is 4. The van der Waals surface area contributed by atoms with Crippen LogP contribution in [0.25, 0.3) is 22.5 Å². The molecule has 0 aliphatic heterocycles. The van der Waals surface area contributed by atoms with Crippen LogP contribution in [0.3, 0.4) is 0 Å². The summed E-state index contributed by atoms with van der Waals surface area (Å²) < 4.78 is 0. The molecule has 4 aromatic rings. The fourth-order valence-electron chi connectivity index (χ4n) is 3.11. The minimum absolute atomic E-state index is 0.120. The van der Waals surface area contributed by atoms with Crippen LogP contribution in [-0.4, -0.2) is 44.8 Å². The first-order valence-corrected chi connectivity index (χ1v) is 9.79. The van der Waals surface area contributed by atoms with Crippen molar-refractivity contribution in [1.29, 1.82) is 0 Å². The number of hydrogen-bond donors (Lipinski definition) is 3. The molecule has 1 amide bonds. The van der Waals surface area contributed by atoms with Gasteiger partial charge in [0.15, 0.2) is 0 Å².